The SMILES string of the molecule is O=C1NC(=O)C(CN2C=CC=C(F)C2O)(c2ccc(F)cc2)N1. The fraction of sp³-hybridized carbons (Fsp3) is 0.200. The first-order chi connectivity index (χ1) is 10.9. The number of hydrogen-bond acceptors (Lipinski definition) is 4. The Morgan fingerprint density at radius 2 is 1.91 bits per heavy atom. The lowest BCUT2D eigenvalue weighted by Gasteiger charge is -2.35. The maximum absolute atomic E-state index is 13.5. The number of amides is 3. The number of carbonyl (C=O) groups is 2. The lowest BCUT2D eigenvalue weighted by atomic mass is 9.89. The van der Waals surface area contributed by atoms with E-state index in [0.29, 0.717) is 5.56 Å². The van der Waals surface area contributed by atoms with E-state index in [1.54, 1.807) is 0 Å². The van der Waals surface area contributed by atoms with E-state index >= 15 is 0 Å². The largest absolute Gasteiger partial charge is 0.367 e. The monoisotopic (exact) mass is 321 g/mol. The maximum atomic E-state index is 13.5. The molecule has 2 atom stereocenters. The Morgan fingerprint density at radius 1 is 1.22 bits per heavy atom. The van der Waals surface area contributed by atoms with Crippen LogP contribution in [0.4, 0.5) is 13.6 Å². The van der Waals surface area contributed by atoms with E-state index in [0.717, 1.165) is 18.2 Å². The first-order valence-electron chi connectivity index (χ1n) is 6.80. The highest BCUT2D eigenvalue weighted by molar-refractivity contribution is 6.07. The topological polar surface area (TPSA) is 81.7 Å². The average Bonchev–Trinajstić information content (AvgIpc) is 2.79. The van der Waals surface area contributed by atoms with Gasteiger partial charge in [-0.1, -0.05) is 12.1 Å². The molecule has 0 radical (unpaired) electrons. The van der Waals surface area contributed by atoms with Gasteiger partial charge in [0, 0.05) is 6.20 Å². The summed E-state index contributed by atoms with van der Waals surface area (Å²) < 4.78 is 26.7. The van der Waals surface area contributed by atoms with Gasteiger partial charge in [0.15, 0.2) is 11.8 Å². The number of benzene rings is 1. The molecule has 1 aromatic rings. The van der Waals surface area contributed by atoms with Gasteiger partial charge in [0.1, 0.15) is 11.6 Å². The number of urea groups is 1. The number of halogens is 2. The van der Waals surface area contributed by atoms with Gasteiger partial charge in [-0.25, -0.2) is 13.6 Å². The summed E-state index contributed by atoms with van der Waals surface area (Å²) in [5, 5.41) is 14.5. The van der Waals surface area contributed by atoms with Gasteiger partial charge in [0.05, 0.1) is 6.54 Å². The summed E-state index contributed by atoms with van der Waals surface area (Å²) in [6.07, 6.45) is 2.30. The molecule has 8 heteroatoms. The van der Waals surface area contributed by atoms with Crippen molar-refractivity contribution in [2.24, 2.45) is 0 Å². The van der Waals surface area contributed by atoms with Crippen molar-refractivity contribution in [3.8, 4) is 0 Å². The van der Waals surface area contributed by atoms with E-state index in [1.807, 2.05) is 0 Å². The predicted octanol–water partition coefficient (Wildman–Crippen LogP) is 0.862. The normalized spacial score (nSPS) is 26.8. The third-order valence-electron chi connectivity index (χ3n) is 3.79. The fourth-order valence-electron chi connectivity index (χ4n) is 2.62. The van der Waals surface area contributed by atoms with Crippen molar-refractivity contribution in [2.45, 2.75) is 11.8 Å². The summed E-state index contributed by atoms with van der Waals surface area (Å²) in [5.41, 5.74) is -1.24. The van der Waals surface area contributed by atoms with Crippen molar-refractivity contribution in [2.75, 3.05) is 6.54 Å². The molecule has 3 rings (SSSR count). The Morgan fingerprint density at radius 3 is 2.52 bits per heavy atom. The van der Waals surface area contributed by atoms with Crippen LogP contribution in [0, 0.1) is 5.82 Å². The Kier molecular flexibility index (Phi) is 3.61. The highest BCUT2D eigenvalue weighted by Crippen LogP contribution is 2.29. The molecule has 1 saturated heterocycles. The number of hydrogen-bond donors (Lipinski definition) is 3. The van der Waals surface area contributed by atoms with Crippen LogP contribution in [0.15, 0.2) is 48.4 Å². The van der Waals surface area contributed by atoms with Gasteiger partial charge in [0.25, 0.3) is 5.91 Å². The van der Waals surface area contributed by atoms with Gasteiger partial charge in [-0.05, 0) is 29.8 Å². The van der Waals surface area contributed by atoms with Gasteiger partial charge in [0.2, 0.25) is 0 Å². The number of carbonyl (C=O) groups excluding carboxylic acids is 2. The minimum Gasteiger partial charge on any atom is -0.367 e. The molecule has 3 N–H and O–H groups in total. The molecule has 2 aliphatic rings. The molecule has 120 valence electrons. The number of rotatable bonds is 3. The third-order valence-corrected chi connectivity index (χ3v) is 3.79. The second-order valence-electron chi connectivity index (χ2n) is 5.26. The molecule has 6 nitrogen and oxygen atoms in total. The van der Waals surface area contributed by atoms with Gasteiger partial charge in [-0.3, -0.25) is 10.1 Å². The zero-order valence-corrected chi connectivity index (χ0v) is 11.8. The second-order valence-corrected chi connectivity index (χ2v) is 5.26. The van der Waals surface area contributed by atoms with E-state index in [9.17, 15) is 23.5 Å². The number of allylic oxidation sites excluding steroid dienone is 2. The molecule has 2 aliphatic heterocycles. The zero-order valence-electron chi connectivity index (χ0n) is 11.8. The molecule has 2 unspecified atom stereocenters. The third kappa shape index (κ3) is 2.57. The van der Waals surface area contributed by atoms with Crippen LogP contribution >= 0.6 is 0 Å². The van der Waals surface area contributed by atoms with Gasteiger partial charge >= 0.3 is 6.03 Å². The quantitative estimate of drug-likeness (QED) is 0.721. The smallest absolute Gasteiger partial charge is 0.322 e. The highest BCUT2D eigenvalue weighted by Gasteiger charge is 2.49. The van der Waals surface area contributed by atoms with E-state index in [2.05, 4.69) is 10.6 Å². The number of imide groups is 1. The molecule has 1 fully saturated rings. The first kappa shape index (κ1) is 15.2. The average molecular weight is 321 g/mol. The van der Waals surface area contributed by atoms with E-state index in [-0.39, 0.29) is 6.54 Å². The molecule has 0 bridgehead atoms. The molecular weight excluding hydrogens is 308 g/mol. The Balaban J connectivity index is 1.99. The number of nitrogens with one attached hydrogen (secondary N) is 2. The van der Waals surface area contributed by atoms with E-state index < -0.39 is 35.3 Å². The van der Waals surface area contributed by atoms with E-state index in [4.69, 9.17) is 0 Å². The van der Waals surface area contributed by atoms with Crippen LogP contribution in [-0.2, 0) is 10.3 Å². The Bertz CT molecular complexity index is 717. The summed E-state index contributed by atoms with van der Waals surface area (Å²) in [5.74, 6) is -1.95. The minimum absolute atomic E-state index is 0.227. The van der Waals surface area contributed by atoms with Crippen molar-refractivity contribution >= 4 is 11.9 Å². The van der Waals surface area contributed by atoms with Gasteiger partial charge in [-0.2, -0.15) is 0 Å². The fourth-order valence-corrected chi connectivity index (χ4v) is 2.62. The molecule has 3 amide bonds. The number of aliphatic hydroxyl groups is 1. The van der Waals surface area contributed by atoms with Crippen LogP contribution < -0.4 is 10.6 Å². The van der Waals surface area contributed by atoms with Crippen molar-refractivity contribution in [1.29, 1.82) is 0 Å². The summed E-state index contributed by atoms with van der Waals surface area (Å²) in [6.45, 7) is -0.227. The molecule has 0 saturated carbocycles. The summed E-state index contributed by atoms with van der Waals surface area (Å²) in [6, 6.07) is 4.29. The van der Waals surface area contributed by atoms with Gasteiger partial charge in [-0.15, -0.1) is 0 Å². The molecule has 23 heavy (non-hydrogen) atoms. The summed E-state index contributed by atoms with van der Waals surface area (Å²) in [7, 11) is 0. The lowest BCUT2D eigenvalue weighted by molar-refractivity contribution is -0.125. The van der Waals surface area contributed by atoms with Crippen LogP contribution in [0.3, 0.4) is 0 Å². The molecule has 1 aromatic carbocycles. The lowest BCUT2D eigenvalue weighted by Crippen LogP contribution is -2.53. The van der Waals surface area contributed by atoms with Crippen molar-refractivity contribution in [1.82, 2.24) is 15.5 Å². The van der Waals surface area contributed by atoms with Crippen LogP contribution in [0.2, 0.25) is 0 Å². The van der Waals surface area contributed by atoms with Crippen molar-refractivity contribution < 1.29 is 23.5 Å². The standard InChI is InChI=1S/C15H13F2N3O3/c16-10-5-3-9(4-6-10)15(13(22)18-14(23)19-15)8-20-7-1-2-11(17)12(20)21/h1-7,12,21H,8H2,(H2,18,19,22,23). The first-order valence-corrected chi connectivity index (χ1v) is 6.80. The summed E-state index contributed by atoms with van der Waals surface area (Å²) in [4.78, 5) is 25.1. The van der Waals surface area contributed by atoms with Crippen LogP contribution in [0.5, 0.6) is 0 Å². The van der Waals surface area contributed by atoms with E-state index in [1.165, 1.54) is 29.3 Å². The van der Waals surface area contributed by atoms with Crippen LogP contribution in [0.1, 0.15) is 5.56 Å². The van der Waals surface area contributed by atoms with Crippen molar-refractivity contribution in [3.05, 3.63) is 59.8 Å². The zero-order chi connectivity index (χ0) is 16.6. The molecule has 0 spiro atoms. The second kappa shape index (κ2) is 5.47. The van der Waals surface area contributed by atoms with Crippen LogP contribution in [0.25, 0.3) is 0 Å². The summed E-state index contributed by atoms with van der Waals surface area (Å²) >= 11 is 0. The molecule has 2 heterocycles. The molecular formula is C15H13F2N3O3. The molecule has 0 aliphatic carbocycles. The number of aliphatic hydroxyl groups excluding tert-OH is 1. The van der Waals surface area contributed by atoms with Crippen LogP contribution in [-0.4, -0.2) is 34.7 Å². The van der Waals surface area contributed by atoms with Gasteiger partial charge < -0.3 is 15.3 Å². The Labute approximate surface area is 130 Å². The number of nitrogens with zero attached hydrogens (tertiary/aromatic N) is 1. The molecule has 0 aromatic heterocycles. The highest BCUT2D eigenvalue weighted by atomic mass is 19.1. The predicted molar refractivity (Wildman–Crippen MR) is 75.8 cm³/mol. The Hall–Kier alpha value is -2.74. The minimum atomic E-state index is -1.57. The van der Waals surface area contributed by atoms with Crippen molar-refractivity contribution in [3.63, 3.8) is 0 Å². The maximum Gasteiger partial charge on any atom is 0.322 e.